The first kappa shape index (κ1) is 26.6. The molecule has 1 aromatic carbocycles. The zero-order valence-electron chi connectivity index (χ0n) is 18.6. The van der Waals surface area contributed by atoms with Crippen LogP contribution in [-0.2, 0) is 29.8 Å². The van der Waals surface area contributed by atoms with E-state index in [0.29, 0.717) is 25.0 Å². The monoisotopic (exact) mass is 485 g/mol. The van der Waals surface area contributed by atoms with Gasteiger partial charge >= 0.3 is 17.9 Å². The molecule has 0 saturated heterocycles. The molecular weight excluding hydrogens is 460 g/mol. The minimum absolute atomic E-state index is 0.0123. The fourth-order valence-corrected chi connectivity index (χ4v) is 3.73. The predicted octanol–water partition coefficient (Wildman–Crippen LogP) is 3.50. The van der Waals surface area contributed by atoms with Crippen LogP contribution in [0, 0.1) is 16.0 Å². The Balaban J connectivity index is 2.34. The number of benzene rings is 1. The zero-order valence-corrected chi connectivity index (χ0v) is 18.6. The molecule has 0 bridgehead atoms. The topological polar surface area (TPSA) is 145 Å². The molecule has 0 heterocycles. The van der Waals surface area contributed by atoms with Crippen LogP contribution in [0.1, 0.15) is 43.7 Å². The lowest BCUT2D eigenvalue weighted by Gasteiger charge is -2.32. The number of rotatable bonds is 10. The Labute approximate surface area is 193 Å². The van der Waals surface area contributed by atoms with Crippen molar-refractivity contribution >= 4 is 11.9 Å². The number of allylic oxidation sites excluding steroid dienone is 2. The van der Waals surface area contributed by atoms with E-state index >= 15 is 0 Å². The third-order valence-electron chi connectivity index (χ3n) is 5.32. The van der Waals surface area contributed by atoms with Crippen molar-refractivity contribution in [1.29, 1.82) is 0 Å². The number of phenols is 2. The van der Waals surface area contributed by atoms with Crippen molar-refractivity contribution in [3.63, 3.8) is 0 Å². The molecule has 186 valence electrons. The smallest absolute Gasteiger partial charge is 0.382 e. The van der Waals surface area contributed by atoms with Crippen LogP contribution in [0.3, 0.4) is 0 Å². The van der Waals surface area contributed by atoms with Crippen LogP contribution in [0.5, 0.6) is 11.5 Å². The summed E-state index contributed by atoms with van der Waals surface area (Å²) in [4.78, 5) is 36.9. The number of ether oxygens (including phenoxy) is 2. The minimum Gasteiger partial charge on any atom is -0.507 e. The minimum atomic E-state index is -4.27. The summed E-state index contributed by atoms with van der Waals surface area (Å²) < 4.78 is 38.4. The van der Waals surface area contributed by atoms with Crippen LogP contribution < -0.4 is 0 Å². The van der Waals surface area contributed by atoms with Crippen molar-refractivity contribution in [2.75, 3.05) is 19.8 Å². The van der Waals surface area contributed by atoms with E-state index in [0.717, 1.165) is 11.1 Å². The number of aromatic hydroxyl groups is 2. The molecule has 0 aromatic heterocycles. The summed E-state index contributed by atoms with van der Waals surface area (Å²) >= 11 is 0. The van der Waals surface area contributed by atoms with Crippen molar-refractivity contribution in [3.05, 3.63) is 57.2 Å². The first-order valence-corrected chi connectivity index (χ1v) is 10.2. The Bertz CT molecular complexity index is 983. The van der Waals surface area contributed by atoms with E-state index in [2.05, 4.69) is 16.2 Å². The van der Waals surface area contributed by atoms with E-state index in [-0.39, 0.29) is 18.1 Å². The van der Waals surface area contributed by atoms with Gasteiger partial charge in [0, 0.05) is 24.0 Å². The molecule has 1 aliphatic rings. The Morgan fingerprint density at radius 3 is 2.35 bits per heavy atom. The van der Waals surface area contributed by atoms with Crippen LogP contribution >= 0.6 is 0 Å². The summed E-state index contributed by atoms with van der Waals surface area (Å²) in [6, 6.07) is 1.29. The average molecular weight is 485 g/mol. The summed E-state index contributed by atoms with van der Waals surface area (Å²) in [5.41, 5.74) is 0.395. The molecule has 2 N–H and O–H groups in total. The molecule has 34 heavy (non-hydrogen) atoms. The summed E-state index contributed by atoms with van der Waals surface area (Å²) in [6.07, 6.45) is 2.83. The van der Waals surface area contributed by atoms with E-state index in [1.165, 1.54) is 6.92 Å². The number of hydrogen-bond acceptors (Lipinski definition) is 9. The Hall–Kier alpha value is -3.70. The van der Waals surface area contributed by atoms with E-state index in [4.69, 9.17) is 4.74 Å². The normalized spacial score (nSPS) is 17.9. The Kier molecular flexibility index (Phi) is 8.55. The Morgan fingerprint density at radius 2 is 1.82 bits per heavy atom. The molecule has 0 aliphatic heterocycles. The van der Waals surface area contributed by atoms with Crippen LogP contribution in [-0.4, -0.2) is 47.1 Å². The largest absolute Gasteiger partial charge is 0.507 e. The highest BCUT2D eigenvalue weighted by Gasteiger charge is 2.44. The zero-order chi connectivity index (χ0) is 25.6. The molecule has 0 saturated carbocycles. The van der Waals surface area contributed by atoms with Crippen molar-refractivity contribution in [2.24, 2.45) is 5.92 Å². The van der Waals surface area contributed by atoms with Gasteiger partial charge in [-0.15, -0.1) is 10.1 Å². The maximum Gasteiger partial charge on any atom is 0.382 e. The second-order valence-electron chi connectivity index (χ2n) is 7.82. The lowest BCUT2D eigenvalue weighted by atomic mass is 9.73. The number of phenolic OH excluding ortho intramolecular Hbond substituents is 2. The summed E-state index contributed by atoms with van der Waals surface area (Å²) in [6.45, 7) is 5.42. The van der Waals surface area contributed by atoms with Crippen molar-refractivity contribution in [2.45, 2.75) is 38.5 Å². The molecule has 1 aliphatic carbocycles. The molecular formula is C22H25F2NO9. The number of nitrogens with zero attached hydrogens (tertiary/aromatic N) is 1. The van der Waals surface area contributed by atoms with Crippen LogP contribution in [0.2, 0.25) is 0 Å². The number of halogens is 2. The van der Waals surface area contributed by atoms with Crippen LogP contribution in [0.25, 0.3) is 0 Å². The first-order chi connectivity index (χ1) is 15.8. The van der Waals surface area contributed by atoms with Gasteiger partial charge < -0.3 is 24.5 Å². The number of hydrogen-bond donors (Lipinski definition) is 2. The van der Waals surface area contributed by atoms with Crippen LogP contribution in [0.4, 0.5) is 8.78 Å². The standard InChI is InChI=1S/C22H25F2NO9/c1-12(2)16-5-4-14(11-33-13(3)26)8-17(16)20-18(27)9-15(10-19(20)28)22(23,24)21(29)32-6-7-34-25(30)31/h8-10,16-17,27-28H,1,4-7,11H2,2-3H3/t16-,17?/m1/s1. The highest BCUT2D eigenvalue weighted by molar-refractivity contribution is 5.80. The van der Waals surface area contributed by atoms with Gasteiger partial charge in [-0.05, 0) is 43.4 Å². The third kappa shape index (κ3) is 6.42. The van der Waals surface area contributed by atoms with Gasteiger partial charge in [-0.25, -0.2) is 4.79 Å². The van der Waals surface area contributed by atoms with E-state index in [1.54, 1.807) is 13.0 Å². The highest BCUT2D eigenvalue weighted by Crippen LogP contribution is 2.48. The van der Waals surface area contributed by atoms with Gasteiger partial charge in [0.15, 0.2) is 0 Å². The summed E-state index contributed by atoms with van der Waals surface area (Å²) in [7, 11) is 0. The molecule has 10 nitrogen and oxygen atoms in total. The van der Waals surface area contributed by atoms with E-state index in [9.17, 15) is 38.7 Å². The lowest BCUT2D eigenvalue weighted by Crippen LogP contribution is -2.29. The van der Waals surface area contributed by atoms with Gasteiger partial charge in [0.25, 0.3) is 5.09 Å². The Morgan fingerprint density at radius 1 is 1.21 bits per heavy atom. The van der Waals surface area contributed by atoms with Crippen molar-refractivity contribution in [3.8, 4) is 11.5 Å². The van der Waals surface area contributed by atoms with Crippen LogP contribution in [0.15, 0.2) is 35.9 Å². The number of alkyl halides is 2. The van der Waals surface area contributed by atoms with Crippen molar-refractivity contribution < 1.29 is 48.0 Å². The fourth-order valence-electron chi connectivity index (χ4n) is 3.73. The highest BCUT2D eigenvalue weighted by atomic mass is 19.3. The van der Waals surface area contributed by atoms with Gasteiger partial charge in [0.2, 0.25) is 0 Å². The number of esters is 2. The maximum atomic E-state index is 14.6. The van der Waals surface area contributed by atoms with Gasteiger partial charge in [-0.1, -0.05) is 18.2 Å². The maximum absolute atomic E-state index is 14.6. The lowest BCUT2D eigenvalue weighted by molar-refractivity contribution is -0.757. The molecule has 0 amide bonds. The number of carbonyl (C=O) groups excluding carboxylic acids is 2. The SMILES string of the molecule is C=C(C)[C@H]1CCC(COC(C)=O)=CC1c1c(O)cc(C(F)(F)C(=O)OCCO[N+](=O)[O-])cc1O. The first-order valence-electron chi connectivity index (χ1n) is 10.2. The van der Waals surface area contributed by atoms with E-state index < -0.39 is 59.1 Å². The van der Waals surface area contributed by atoms with Gasteiger partial charge in [-0.3, -0.25) is 4.79 Å². The molecule has 0 fully saturated rings. The molecule has 12 heteroatoms. The molecule has 2 atom stereocenters. The number of carbonyl (C=O) groups is 2. The molecule has 2 rings (SSSR count). The molecule has 0 radical (unpaired) electrons. The second kappa shape index (κ2) is 10.9. The average Bonchev–Trinajstić information content (AvgIpc) is 2.74. The summed E-state index contributed by atoms with van der Waals surface area (Å²) in [5.74, 6) is -9.03. The third-order valence-corrected chi connectivity index (χ3v) is 5.32. The second-order valence-corrected chi connectivity index (χ2v) is 7.82. The van der Waals surface area contributed by atoms with E-state index in [1.807, 2.05) is 0 Å². The fraction of sp³-hybridized carbons (Fsp3) is 0.455. The van der Waals surface area contributed by atoms with Gasteiger partial charge in [-0.2, -0.15) is 8.78 Å². The predicted molar refractivity (Wildman–Crippen MR) is 113 cm³/mol. The summed E-state index contributed by atoms with van der Waals surface area (Å²) in [5, 5.41) is 30.0. The quantitative estimate of drug-likeness (QED) is 0.167. The molecule has 1 unspecified atom stereocenters. The van der Waals surface area contributed by atoms with Gasteiger partial charge in [0.05, 0.1) is 0 Å². The molecule has 1 aromatic rings. The van der Waals surface area contributed by atoms with Crippen molar-refractivity contribution in [1.82, 2.24) is 0 Å². The van der Waals surface area contributed by atoms with Gasteiger partial charge in [0.1, 0.15) is 31.3 Å². The molecule has 0 spiro atoms.